The van der Waals surface area contributed by atoms with Crippen molar-refractivity contribution >= 4 is 0 Å². The Morgan fingerprint density at radius 3 is 3.00 bits per heavy atom. The Morgan fingerprint density at radius 1 is 1.32 bits per heavy atom. The van der Waals surface area contributed by atoms with Gasteiger partial charge in [-0.3, -0.25) is 4.90 Å². The Morgan fingerprint density at radius 2 is 2.21 bits per heavy atom. The largest absolute Gasteiger partial charge is 0.343 e. The highest BCUT2D eigenvalue weighted by atomic mass is 16.5. The van der Waals surface area contributed by atoms with Crippen molar-refractivity contribution in [3.05, 3.63) is 48.1 Å². The number of rotatable bonds is 4. The predicted molar refractivity (Wildman–Crippen MR) is 71.6 cm³/mol. The van der Waals surface area contributed by atoms with Crippen LogP contribution in [0.4, 0.5) is 0 Å². The summed E-state index contributed by atoms with van der Waals surface area (Å²) in [6, 6.07) is 11.1. The summed E-state index contributed by atoms with van der Waals surface area (Å²) in [4.78, 5) is 6.57. The van der Waals surface area contributed by atoms with Crippen LogP contribution < -0.4 is 5.32 Å². The van der Waals surface area contributed by atoms with E-state index in [0.717, 1.165) is 38.4 Å². The number of benzene rings is 1. The Kier molecular flexibility index (Phi) is 3.86. The van der Waals surface area contributed by atoms with Gasteiger partial charge in [0.25, 0.3) is 0 Å². The minimum atomic E-state index is 0.432. The molecule has 1 saturated heterocycles. The molecule has 5 nitrogen and oxygen atoms in total. The Labute approximate surface area is 112 Å². The minimum Gasteiger partial charge on any atom is -0.343 e. The molecular weight excluding hydrogens is 240 g/mol. The molecule has 100 valence electrons. The van der Waals surface area contributed by atoms with E-state index in [1.165, 1.54) is 12.0 Å². The molecule has 0 amide bonds. The summed E-state index contributed by atoms with van der Waals surface area (Å²) in [6.45, 7) is 4.05. The smallest absolute Gasteiger partial charge is 0.213 e. The lowest BCUT2D eigenvalue weighted by molar-refractivity contribution is 0.163. The minimum absolute atomic E-state index is 0.432. The van der Waals surface area contributed by atoms with Crippen molar-refractivity contribution < 1.29 is 4.52 Å². The molecule has 1 aliphatic heterocycles. The maximum Gasteiger partial charge on any atom is 0.213 e. The second kappa shape index (κ2) is 5.95. The quantitative estimate of drug-likeness (QED) is 0.894. The van der Waals surface area contributed by atoms with Crippen molar-refractivity contribution in [2.24, 2.45) is 0 Å². The molecule has 0 radical (unpaired) electrons. The van der Waals surface area contributed by atoms with Gasteiger partial charge in [0.1, 0.15) is 0 Å². The van der Waals surface area contributed by atoms with Gasteiger partial charge in [-0.2, -0.15) is 4.98 Å². The number of hydrogen-bond donors (Lipinski definition) is 1. The van der Waals surface area contributed by atoms with Crippen LogP contribution in [-0.2, 0) is 6.42 Å². The summed E-state index contributed by atoms with van der Waals surface area (Å²) in [5.74, 6) is 0.783. The van der Waals surface area contributed by atoms with E-state index in [2.05, 4.69) is 50.7 Å². The standard InChI is InChI=1S/C14H18N4O/c1-2-4-12(5-3-1)13-10-15-7-9-18(13)8-6-14-16-11-19-17-14/h1-5,11,13,15H,6-10H2. The van der Waals surface area contributed by atoms with Crippen molar-refractivity contribution in [2.75, 3.05) is 26.2 Å². The van der Waals surface area contributed by atoms with Crippen LogP contribution in [0.15, 0.2) is 41.2 Å². The second-order valence-corrected chi connectivity index (χ2v) is 4.76. The summed E-state index contributed by atoms with van der Waals surface area (Å²) >= 11 is 0. The van der Waals surface area contributed by atoms with E-state index in [-0.39, 0.29) is 0 Å². The number of hydrogen-bond acceptors (Lipinski definition) is 5. The number of aromatic nitrogens is 2. The molecule has 2 heterocycles. The van der Waals surface area contributed by atoms with Gasteiger partial charge in [-0.1, -0.05) is 35.5 Å². The van der Waals surface area contributed by atoms with Gasteiger partial charge in [-0.15, -0.1) is 0 Å². The fourth-order valence-corrected chi connectivity index (χ4v) is 2.56. The van der Waals surface area contributed by atoms with Crippen molar-refractivity contribution in [2.45, 2.75) is 12.5 Å². The maximum atomic E-state index is 4.77. The van der Waals surface area contributed by atoms with Gasteiger partial charge in [0.05, 0.1) is 0 Å². The Balaban J connectivity index is 1.67. The molecule has 0 saturated carbocycles. The first-order valence-corrected chi connectivity index (χ1v) is 6.68. The zero-order chi connectivity index (χ0) is 12.9. The van der Waals surface area contributed by atoms with E-state index in [4.69, 9.17) is 4.52 Å². The molecule has 1 atom stereocenters. The van der Waals surface area contributed by atoms with Crippen LogP contribution >= 0.6 is 0 Å². The first-order valence-electron chi connectivity index (χ1n) is 6.68. The first kappa shape index (κ1) is 12.3. The number of nitrogens with zero attached hydrogens (tertiary/aromatic N) is 3. The molecule has 3 rings (SSSR count). The van der Waals surface area contributed by atoms with Crippen molar-refractivity contribution in [1.82, 2.24) is 20.4 Å². The molecule has 1 fully saturated rings. The van der Waals surface area contributed by atoms with E-state index in [9.17, 15) is 0 Å². The highest BCUT2D eigenvalue weighted by Crippen LogP contribution is 2.21. The summed E-state index contributed by atoms with van der Waals surface area (Å²) in [5, 5.41) is 7.34. The van der Waals surface area contributed by atoms with Crippen LogP contribution in [0.5, 0.6) is 0 Å². The van der Waals surface area contributed by atoms with Crippen LogP contribution in [0.2, 0.25) is 0 Å². The molecule has 0 bridgehead atoms. The fourth-order valence-electron chi connectivity index (χ4n) is 2.56. The summed E-state index contributed by atoms with van der Waals surface area (Å²) in [5.41, 5.74) is 1.36. The van der Waals surface area contributed by atoms with E-state index in [0.29, 0.717) is 6.04 Å². The van der Waals surface area contributed by atoms with Gasteiger partial charge in [-0.25, -0.2) is 0 Å². The molecule has 5 heteroatoms. The average molecular weight is 258 g/mol. The van der Waals surface area contributed by atoms with Crippen LogP contribution in [0.3, 0.4) is 0 Å². The predicted octanol–water partition coefficient (Wildman–Crippen LogP) is 1.26. The lowest BCUT2D eigenvalue weighted by Crippen LogP contribution is -2.46. The molecule has 1 aliphatic rings. The molecule has 1 N–H and O–H groups in total. The fraction of sp³-hybridized carbons (Fsp3) is 0.429. The highest BCUT2D eigenvalue weighted by molar-refractivity contribution is 5.20. The lowest BCUT2D eigenvalue weighted by Gasteiger charge is -2.36. The number of nitrogens with one attached hydrogen (secondary N) is 1. The third-order valence-corrected chi connectivity index (χ3v) is 3.57. The molecule has 2 aromatic rings. The lowest BCUT2D eigenvalue weighted by atomic mass is 10.0. The maximum absolute atomic E-state index is 4.77. The third-order valence-electron chi connectivity index (χ3n) is 3.57. The normalized spacial score (nSPS) is 20.5. The zero-order valence-electron chi connectivity index (χ0n) is 10.8. The van der Waals surface area contributed by atoms with E-state index < -0.39 is 0 Å². The molecule has 0 spiro atoms. The monoisotopic (exact) mass is 258 g/mol. The molecule has 19 heavy (non-hydrogen) atoms. The molecule has 0 aliphatic carbocycles. The Hall–Kier alpha value is -1.72. The molecule has 1 aromatic heterocycles. The summed E-state index contributed by atoms with van der Waals surface area (Å²) in [7, 11) is 0. The third kappa shape index (κ3) is 3.00. The summed E-state index contributed by atoms with van der Waals surface area (Å²) in [6.07, 6.45) is 2.22. The van der Waals surface area contributed by atoms with Gasteiger partial charge < -0.3 is 9.84 Å². The second-order valence-electron chi connectivity index (χ2n) is 4.76. The average Bonchev–Trinajstić information content (AvgIpc) is 3.00. The van der Waals surface area contributed by atoms with E-state index >= 15 is 0 Å². The first-order chi connectivity index (χ1) is 9.43. The van der Waals surface area contributed by atoms with Gasteiger partial charge >= 0.3 is 0 Å². The molecular formula is C14H18N4O. The Bertz CT molecular complexity index is 485. The molecule has 1 unspecified atom stereocenters. The van der Waals surface area contributed by atoms with Crippen LogP contribution in [0.25, 0.3) is 0 Å². The van der Waals surface area contributed by atoms with E-state index in [1.54, 1.807) is 0 Å². The van der Waals surface area contributed by atoms with Gasteiger partial charge in [0, 0.05) is 38.6 Å². The van der Waals surface area contributed by atoms with Crippen LogP contribution in [0, 0.1) is 0 Å². The van der Waals surface area contributed by atoms with Crippen molar-refractivity contribution in [3.8, 4) is 0 Å². The van der Waals surface area contributed by atoms with Gasteiger partial charge in [0.2, 0.25) is 6.39 Å². The van der Waals surface area contributed by atoms with Crippen LogP contribution in [-0.4, -0.2) is 41.2 Å². The van der Waals surface area contributed by atoms with Gasteiger partial charge in [0.15, 0.2) is 5.82 Å². The topological polar surface area (TPSA) is 54.2 Å². The van der Waals surface area contributed by atoms with Crippen molar-refractivity contribution in [3.63, 3.8) is 0 Å². The SMILES string of the molecule is c1ccc(C2CNCCN2CCc2ncon2)cc1. The summed E-state index contributed by atoms with van der Waals surface area (Å²) < 4.78 is 4.77. The molecule has 1 aromatic carbocycles. The number of piperazine rings is 1. The van der Waals surface area contributed by atoms with Crippen LogP contribution in [0.1, 0.15) is 17.4 Å². The van der Waals surface area contributed by atoms with Crippen molar-refractivity contribution in [1.29, 1.82) is 0 Å². The van der Waals surface area contributed by atoms with Gasteiger partial charge in [-0.05, 0) is 5.56 Å². The van der Waals surface area contributed by atoms with E-state index in [1.807, 2.05) is 0 Å². The highest BCUT2D eigenvalue weighted by Gasteiger charge is 2.23. The zero-order valence-corrected chi connectivity index (χ0v) is 10.8.